The smallest absolute Gasteiger partial charge is 0.405 e. The molecule has 2 heterocycles. The second-order valence-corrected chi connectivity index (χ2v) is 8.30. The molecule has 158 valence electrons. The van der Waals surface area contributed by atoms with Crippen LogP contribution in [0.15, 0.2) is 42.7 Å². The van der Waals surface area contributed by atoms with Gasteiger partial charge in [-0.3, -0.25) is 9.97 Å². The second kappa shape index (κ2) is 8.83. The van der Waals surface area contributed by atoms with E-state index in [0.29, 0.717) is 39.4 Å². The largest absolute Gasteiger partial charge is 0.488 e. The van der Waals surface area contributed by atoms with E-state index in [-0.39, 0.29) is 18.3 Å². The Kier molecular flexibility index (Phi) is 6.41. The highest BCUT2D eigenvalue weighted by Gasteiger charge is 2.29. The van der Waals surface area contributed by atoms with Crippen LogP contribution in [-0.4, -0.2) is 33.3 Å². The first kappa shape index (κ1) is 21.8. The summed E-state index contributed by atoms with van der Waals surface area (Å²) >= 11 is 6.41. The molecule has 3 rings (SSSR count). The van der Waals surface area contributed by atoms with Crippen LogP contribution >= 0.6 is 11.6 Å². The van der Waals surface area contributed by atoms with Crippen molar-refractivity contribution < 1.29 is 19.0 Å². The monoisotopic (exact) mass is 431 g/mol. The quantitative estimate of drug-likeness (QED) is 0.513. The molecule has 1 atom stereocenters. The predicted molar refractivity (Wildman–Crippen MR) is 114 cm³/mol. The van der Waals surface area contributed by atoms with Crippen molar-refractivity contribution in [2.45, 2.75) is 32.7 Å². The van der Waals surface area contributed by atoms with Gasteiger partial charge in [-0.1, -0.05) is 25.4 Å². The summed E-state index contributed by atoms with van der Waals surface area (Å²) < 4.78 is 19.5. The fraction of sp³-hybridized carbons (Fsp3) is 0.318. The van der Waals surface area contributed by atoms with Gasteiger partial charge in [0.2, 0.25) is 0 Å². The first-order valence-electron chi connectivity index (χ1n) is 9.51. The highest BCUT2D eigenvalue weighted by atomic mass is 35.5. The van der Waals surface area contributed by atoms with Gasteiger partial charge in [-0.15, -0.1) is 0 Å². The molecule has 1 aromatic carbocycles. The summed E-state index contributed by atoms with van der Waals surface area (Å²) in [5.41, 5.74) is 1.13. The number of nitrogens with zero attached hydrogens (tertiary/aromatic N) is 2. The van der Waals surface area contributed by atoms with Gasteiger partial charge in [0.1, 0.15) is 12.4 Å². The van der Waals surface area contributed by atoms with Gasteiger partial charge in [0.15, 0.2) is 5.75 Å². The van der Waals surface area contributed by atoms with E-state index in [4.69, 9.17) is 21.4 Å². The van der Waals surface area contributed by atoms with Crippen molar-refractivity contribution in [3.05, 3.63) is 53.6 Å². The Morgan fingerprint density at radius 3 is 2.73 bits per heavy atom. The fourth-order valence-corrected chi connectivity index (χ4v) is 3.76. The maximum absolute atomic E-state index is 13.7. The summed E-state index contributed by atoms with van der Waals surface area (Å²) in [5, 5.41) is 12.6. The maximum Gasteiger partial charge on any atom is 0.405 e. The first-order chi connectivity index (χ1) is 14.2. The van der Waals surface area contributed by atoms with Crippen LogP contribution in [0.25, 0.3) is 22.2 Å². The van der Waals surface area contributed by atoms with Gasteiger partial charge in [-0.2, -0.15) is 0 Å². The number of halogens is 2. The summed E-state index contributed by atoms with van der Waals surface area (Å²) in [6, 6.07) is 7.76. The first-order valence-corrected chi connectivity index (χ1v) is 9.89. The highest BCUT2D eigenvalue weighted by molar-refractivity contribution is 6.32. The van der Waals surface area contributed by atoms with Crippen molar-refractivity contribution in [2.24, 2.45) is 5.92 Å². The Labute approximate surface area is 179 Å². The number of amides is 1. The van der Waals surface area contributed by atoms with E-state index in [0.717, 1.165) is 0 Å². The Hall–Kier alpha value is -2.93. The standard InChI is InChI=1S/C22H23ClFN3O3/c1-13(2)10-22(3,27-21(28)29)12-30-20-11-26-19(9-17(20)23)15-6-7-25-18-5-4-14(24)8-16(15)18/h4-9,11,13,27H,10,12H2,1-3H3,(H,28,29). The van der Waals surface area contributed by atoms with Gasteiger partial charge in [-0.05, 0) is 49.6 Å². The molecule has 0 bridgehead atoms. The number of aromatic nitrogens is 2. The van der Waals surface area contributed by atoms with E-state index in [2.05, 4.69) is 15.3 Å². The fourth-order valence-electron chi connectivity index (χ4n) is 3.56. The molecule has 0 fully saturated rings. The highest BCUT2D eigenvalue weighted by Crippen LogP contribution is 2.32. The van der Waals surface area contributed by atoms with Crippen LogP contribution in [0.1, 0.15) is 27.2 Å². The molecule has 30 heavy (non-hydrogen) atoms. The minimum Gasteiger partial charge on any atom is -0.488 e. The molecule has 0 saturated heterocycles. The molecule has 0 aliphatic carbocycles. The van der Waals surface area contributed by atoms with Crippen molar-refractivity contribution in [2.75, 3.05) is 6.61 Å². The molecule has 6 nitrogen and oxygen atoms in total. The molecule has 0 spiro atoms. The Bertz CT molecular complexity index is 1080. The molecule has 8 heteroatoms. The van der Waals surface area contributed by atoms with Crippen molar-refractivity contribution in [1.82, 2.24) is 15.3 Å². The Morgan fingerprint density at radius 1 is 1.30 bits per heavy atom. The molecule has 0 saturated carbocycles. The molecule has 1 amide bonds. The molecule has 1 unspecified atom stereocenters. The van der Waals surface area contributed by atoms with Gasteiger partial charge in [0.05, 0.1) is 28.0 Å². The summed E-state index contributed by atoms with van der Waals surface area (Å²) in [7, 11) is 0. The van der Waals surface area contributed by atoms with Crippen molar-refractivity contribution in [3.63, 3.8) is 0 Å². The minimum absolute atomic E-state index is 0.0988. The molecular weight excluding hydrogens is 409 g/mol. The van der Waals surface area contributed by atoms with Crippen molar-refractivity contribution in [3.8, 4) is 17.0 Å². The molecule has 0 radical (unpaired) electrons. The number of carboxylic acid groups (broad SMARTS) is 1. The van der Waals surface area contributed by atoms with Gasteiger partial charge in [-0.25, -0.2) is 9.18 Å². The van der Waals surface area contributed by atoms with E-state index in [9.17, 15) is 9.18 Å². The molecule has 0 aliphatic heterocycles. The van der Waals surface area contributed by atoms with E-state index in [1.54, 1.807) is 31.3 Å². The Balaban J connectivity index is 1.86. The average Bonchev–Trinajstić information content (AvgIpc) is 2.65. The zero-order valence-electron chi connectivity index (χ0n) is 16.9. The topological polar surface area (TPSA) is 84.3 Å². The summed E-state index contributed by atoms with van der Waals surface area (Å²) in [6.45, 7) is 5.90. The van der Waals surface area contributed by atoms with Crippen molar-refractivity contribution >= 4 is 28.6 Å². The van der Waals surface area contributed by atoms with Crippen LogP contribution in [0.5, 0.6) is 5.75 Å². The molecule has 3 aromatic rings. The number of nitrogens with one attached hydrogen (secondary N) is 1. The molecule has 2 N–H and O–H groups in total. The van der Waals surface area contributed by atoms with E-state index in [1.165, 1.54) is 18.3 Å². The van der Waals surface area contributed by atoms with Crippen LogP contribution in [0, 0.1) is 11.7 Å². The van der Waals surface area contributed by atoms with E-state index in [1.807, 2.05) is 13.8 Å². The summed E-state index contributed by atoms with van der Waals surface area (Å²) in [5.74, 6) is 0.243. The zero-order valence-corrected chi connectivity index (χ0v) is 17.7. The van der Waals surface area contributed by atoms with Crippen LogP contribution < -0.4 is 10.1 Å². The third-order valence-corrected chi connectivity index (χ3v) is 4.91. The normalized spacial score (nSPS) is 13.3. The van der Waals surface area contributed by atoms with Gasteiger partial charge in [0.25, 0.3) is 0 Å². The zero-order chi connectivity index (χ0) is 21.9. The van der Waals surface area contributed by atoms with E-state index < -0.39 is 11.6 Å². The number of fused-ring (bicyclic) bond motifs is 1. The summed E-state index contributed by atoms with van der Waals surface area (Å²) in [4.78, 5) is 19.8. The average molecular weight is 432 g/mol. The maximum atomic E-state index is 13.7. The lowest BCUT2D eigenvalue weighted by Crippen LogP contribution is -2.50. The molecular formula is C22H23ClFN3O3. The number of benzene rings is 1. The second-order valence-electron chi connectivity index (χ2n) is 7.90. The van der Waals surface area contributed by atoms with Crippen molar-refractivity contribution in [1.29, 1.82) is 0 Å². The number of hydrogen-bond donors (Lipinski definition) is 2. The number of pyridine rings is 2. The SMILES string of the molecule is CC(C)CC(C)(COc1cnc(-c2ccnc3ccc(F)cc23)cc1Cl)NC(=O)O. The minimum atomic E-state index is -1.11. The van der Waals surface area contributed by atoms with Crippen LogP contribution in [0.3, 0.4) is 0 Å². The number of rotatable bonds is 7. The summed E-state index contributed by atoms with van der Waals surface area (Å²) in [6.07, 6.45) is 2.60. The molecule has 2 aromatic heterocycles. The van der Waals surface area contributed by atoms with Gasteiger partial charge >= 0.3 is 6.09 Å². The lowest BCUT2D eigenvalue weighted by molar-refractivity contribution is 0.143. The van der Waals surface area contributed by atoms with Gasteiger partial charge in [0, 0.05) is 17.1 Å². The lowest BCUT2D eigenvalue weighted by Gasteiger charge is -2.31. The van der Waals surface area contributed by atoms with E-state index >= 15 is 0 Å². The van der Waals surface area contributed by atoms with Crippen LogP contribution in [-0.2, 0) is 0 Å². The van der Waals surface area contributed by atoms with Crippen LogP contribution in [0.2, 0.25) is 5.02 Å². The predicted octanol–water partition coefficient (Wildman–Crippen LogP) is 5.54. The van der Waals surface area contributed by atoms with Gasteiger partial charge < -0.3 is 15.2 Å². The Morgan fingerprint density at radius 2 is 2.07 bits per heavy atom. The third-order valence-electron chi connectivity index (χ3n) is 4.61. The number of hydrogen-bond acceptors (Lipinski definition) is 4. The number of carbonyl (C=O) groups is 1. The number of ether oxygens (including phenoxy) is 1. The van der Waals surface area contributed by atoms with Crippen LogP contribution in [0.4, 0.5) is 9.18 Å². The molecule has 0 aliphatic rings. The third kappa shape index (κ3) is 5.16. The lowest BCUT2D eigenvalue weighted by atomic mass is 9.91.